The first-order chi connectivity index (χ1) is 14.1. The summed E-state index contributed by atoms with van der Waals surface area (Å²) in [6.07, 6.45) is 8.60. The monoisotopic (exact) mass is 400 g/mol. The molecular formula is C21H28N4O4. The Labute approximate surface area is 170 Å². The predicted octanol–water partition coefficient (Wildman–Crippen LogP) is 0.645. The summed E-state index contributed by atoms with van der Waals surface area (Å²) in [6.45, 7) is 2.88. The fourth-order valence-electron chi connectivity index (χ4n) is 3.62. The molecule has 2 aliphatic rings. The molecule has 3 rings (SSSR count). The lowest BCUT2D eigenvalue weighted by Gasteiger charge is -2.34. The van der Waals surface area contributed by atoms with Gasteiger partial charge in [-0.25, -0.2) is 0 Å². The van der Waals surface area contributed by atoms with Crippen LogP contribution in [0.25, 0.3) is 0 Å². The molecule has 8 heteroatoms. The van der Waals surface area contributed by atoms with Crippen molar-refractivity contribution in [1.82, 2.24) is 20.5 Å². The Hall–Kier alpha value is -2.74. The van der Waals surface area contributed by atoms with Gasteiger partial charge in [0.1, 0.15) is 0 Å². The van der Waals surface area contributed by atoms with Crippen molar-refractivity contribution in [3.63, 3.8) is 0 Å². The normalized spacial score (nSPS) is 21.4. The van der Waals surface area contributed by atoms with Crippen LogP contribution in [0.15, 0.2) is 36.7 Å². The molecule has 3 amide bonds. The lowest BCUT2D eigenvalue weighted by molar-refractivity contribution is -0.145. The number of amides is 3. The summed E-state index contributed by atoms with van der Waals surface area (Å²) in [5.74, 6) is -1.03. The number of rotatable bonds is 7. The SMILES string of the molecule is O=C(CCNC(=O)[C@@H]1CC=CC[C@@H]1C(=O)N1CCOCC1)NCc1cccnc1. The number of aromatic nitrogens is 1. The molecule has 1 aliphatic heterocycles. The van der Waals surface area contributed by atoms with E-state index in [9.17, 15) is 14.4 Å². The van der Waals surface area contributed by atoms with Gasteiger partial charge in [-0.15, -0.1) is 0 Å². The first kappa shape index (κ1) is 21.0. The maximum Gasteiger partial charge on any atom is 0.226 e. The number of nitrogens with zero attached hydrogens (tertiary/aromatic N) is 2. The van der Waals surface area contributed by atoms with Crippen molar-refractivity contribution in [3.8, 4) is 0 Å². The molecule has 0 radical (unpaired) electrons. The van der Waals surface area contributed by atoms with Crippen LogP contribution in [0, 0.1) is 11.8 Å². The van der Waals surface area contributed by atoms with Crippen LogP contribution in [0.5, 0.6) is 0 Å². The van der Waals surface area contributed by atoms with Crippen molar-refractivity contribution >= 4 is 17.7 Å². The van der Waals surface area contributed by atoms with Crippen molar-refractivity contribution in [1.29, 1.82) is 0 Å². The summed E-state index contributed by atoms with van der Waals surface area (Å²) in [5.41, 5.74) is 0.920. The maximum atomic E-state index is 12.9. The first-order valence-corrected chi connectivity index (χ1v) is 10.1. The zero-order valence-corrected chi connectivity index (χ0v) is 16.5. The number of morpholine rings is 1. The Kier molecular flexibility index (Phi) is 7.75. The van der Waals surface area contributed by atoms with Crippen molar-refractivity contribution < 1.29 is 19.1 Å². The molecule has 2 N–H and O–H groups in total. The van der Waals surface area contributed by atoms with E-state index in [-0.39, 0.29) is 36.6 Å². The molecule has 0 saturated carbocycles. The Morgan fingerprint density at radius 2 is 1.86 bits per heavy atom. The highest BCUT2D eigenvalue weighted by Crippen LogP contribution is 2.28. The van der Waals surface area contributed by atoms with E-state index in [1.807, 2.05) is 24.3 Å². The van der Waals surface area contributed by atoms with Gasteiger partial charge in [0.15, 0.2) is 0 Å². The van der Waals surface area contributed by atoms with Crippen molar-refractivity contribution in [2.45, 2.75) is 25.8 Å². The fraction of sp³-hybridized carbons (Fsp3) is 0.524. The topological polar surface area (TPSA) is 101 Å². The molecule has 0 aromatic carbocycles. The summed E-state index contributed by atoms with van der Waals surface area (Å²) in [7, 11) is 0. The number of pyridine rings is 1. The van der Waals surface area contributed by atoms with Gasteiger partial charge < -0.3 is 20.3 Å². The summed E-state index contributed by atoms with van der Waals surface area (Å²) in [6, 6.07) is 3.70. The van der Waals surface area contributed by atoms with Crippen LogP contribution in [0.4, 0.5) is 0 Å². The highest BCUT2D eigenvalue weighted by atomic mass is 16.5. The Bertz CT molecular complexity index is 731. The lowest BCUT2D eigenvalue weighted by atomic mass is 9.81. The predicted molar refractivity (Wildman–Crippen MR) is 106 cm³/mol. The van der Waals surface area contributed by atoms with Gasteiger partial charge in [0, 0.05) is 45.0 Å². The molecule has 0 spiro atoms. The second-order valence-corrected chi connectivity index (χ2v) is 7.27. The summed E-state index contributed by atoms with van der Waals surface area (Å²) in [4.78, 5) is 43.3. The van der Waals surface area contributed by atoms with Crippen LogP contribution in [-0.2, 0) is 25.7 Å². The molecule has 1 aromatic heterocycles. The van der Waals surface area contributed by atoms with Crippen LogP contribution in [0.2, 0.25) is 0 Å². The van der Waals surface area contributed by atoms with Gasteiger partial charge in [0.25, 0.3) is 0 Å². The Morgan fingerprint density at radius 3 is 2.59 bits per heavy atom. The third-order valence-corrected chi connectivity index (χ3v) is 5.27. The van der Waals surface area contributed by atoms with E-state index in [0.29, 0.717) is 45.7 Å². The molecule has 0 bridgehead atoms. The van der Waals surface area contributed by atoms with E-state index in [1.54, 1.807) is 17.3 Å². The van der Waals surface area contributed by atoms with Gasteiger partial charge in [-0.05, 0) is 24.5 Å². The number of allylic oxidation sites excluding steroid dienone is 2. The van der Waals surface area contributed by atoms with E-state index >= 15 is 0 Å². The van der Waals surface area contributed by atoms with Crippen molar-refractivity contribution in [3.05, 3.63) is 42.2 Å². The zero-order chi connectivity index (χ0) is 20.5. The minimum absolute atomic E-state index is 0.0204. The van der Waals surface area contributed by atoms with Gasteiger partial charge in [-0.1, -0.05) is 18.2 Å². The molecule has 1 aromatic rings. The molecule has 29 heavy (non-hydrogen) atoms. The molecular weight excluding hydrogens is 372 g/mol. The number of ether oxygens (including phenoxy) is 1. The fourth-order valence-corrected chi connectivity index (χ4v) is 3.62. The Balaban J connectivity index is 1.43. The number of nitrogens with one attached hydrogen (secondary N) is 2. The first-order valence-electron chi connectivity index (χ1n) is 10.1. The lowest BCUT2D eigenvalue weighted by Crippen LogP contribution is -2.48. The average Bonchev–Trinajstić information content (AvgIpc) is 2.78. The second-order valence-electron chi connectivity index (χ2n) is 7.27. The summed E-state index contributed by atoms with van der Waals surface area (Å²) in [5, 5.41) is 5.64. The van der Waals surface area contributed by atoms with E-state index in [0.717, 1.165) is 5.56 Å². The molecule has 2 atom stereocenters. The van der Waals surface area contributed by atoms with Gasteiger partial charge >= 0.3 is 0 Å². The highest BCUT2D eigenvalue weighted by Gasteiger charge is 2.36. The number of hydrogen-bond acceptors (Lipinski definition) is 5. The number of carbonyl (C=O) groups excluding carboxylic acids is 3. The molecule has 1 saturated heterocycles. The minimum atomic E-state index is -0.395. The van der Waals surface area contributed by atoms with Gasteiger partial charge in [-0.3, -0.25) is 19.4 Å². The third-order valence-electron chi connectivity index (χ3n) is 5.27. The van der Waals surface area contributed by atoms with Crippen molar-refractivity contribution in [2.75, 3.05) is 32.8 Å². The van der Waals surface area contributed by atoms with Crippen LogP contribution < -0.4 is 10.6 Å². The van der Waals surface area contributed by atoms with Crippen LogP contribution in [0.3, 0.4) is 0 Å². The van der Waals surface area contributed by atoms with Crippen LogP contribution in [-0.4, -0.2) is 60.5 Å². The van der Waals surface area contributed by atoms with Crippen LogP contribution >= 0.6 is 0 Å². The zero-order valence-electron chi connectivity index (χ0n) is 16.5. The van der Waals surface area contributed by atoms with Crippen molar-refractivity contribution in [2.24, 2.45) is 11.8 Å². The summed E-state index contributed by atoms with van der Waals surface area (Å²) < 4.78 is 5.31. The Morgan fingerprint density at radius 1 is 1.10 bits per heavy atom. The number of hydrogen-bond donors (Lipinski definition) is 2. The standard InChI is InChI=1S/C21H28N4O4/c26-19(24-15-16-4-3-8-22-14-16)7-9-23-20(27)17-5-1-2-6-18(17)21(28)25-10-12-29-13-11-25/h1-4,8,14,17-18H,5-7,9-13,15H2,(H,23,27)(H,24,26)/t17-,18+/m1/s1. The van der Waals surface area contributed by atoms with Gasteiger partial charge in [0.05, 0.1) is 25.0 Å². The van der Waals surface area contributed by atoms with E-state index < -0.39 is 5.92 Å². The van der Waals surface area contributed by atoms with E-state index in [4.69, 9.17) is 4.74 Å². The molecule has 0 unspecified atom stereocenters. The average molecular weight is 400 g/mol. The highest BCUT2D eigenvalue weighted by molar-refractivity contribution is 5.88. The molecule has 2 heterocycles. The van der Waals surface area contributed by atoms with E-state index in [1.165, 1.54) is 0 Å². The van der Waals surface area contributed by atoms with Crippen LogP contribution in [0.1, 0.15) is 24.8 Å². The van der Waals surface area contributed by atoms with Gasteiger partial charge in [-0.2, -0.15) is 0 Å². The molecule has 156 valence electrons. The molecule has 8 nitrogen and oxygen atoms in total. The second kappa shape index (κ2) is 10.7. The molecule has 1 aliphatic carbocycles. The largest absolute Gasteiger partial charge is 0.378 e. The molecule has 1 fully saturated rings. The van der Waals surface area contributed by atoms with Gasteiger partial charge in [0.2, 0.25) is 17.7 Å². The minimum Gasteiger partial charge on any atom is -0.378 e. The maximum absolute atomic E-state index is 12.9. The van der Waals surface area contributed by atoms with E-state index in [2.05, 4.69) is 15.6 Å². The summed E-state index contributed by atoms with van der Waals surface area (Å²) >= 11 is 0. The quantitative estimate of drug-likeness (QED) is 0.655. The number of carbonyl (C=O) groups is 3. The smallest absolute Gasteiger partial charge is 0.226 e. The third kappa shape index (κ3) is 6.12.